The molecule has 4 nitrogen and oxygen atoms in total. The first-order valence-corrected chi connectivity index (χ1v) is 11.0. The molecule has 176 valence electrons. The second-order valence-corrected chi connectivity index (χ2v) is 8.30. The fourth-order valence-electron chi connectivity index (χ4n) is 3.49. The lowest BCUT2D eigenvalue weighted by molar-refractivity contribution is -0.137. The molecule has 34 heavy (non-hydrogen) atoms. The lowest BCUT2D eigenvalue weighted by Gasteiger charge is -2.15. The van der Waals surface area contributed by atoms with Crippen LogP contribution in [0, 0.1) is 5.82 Å². The number of fused-ring (bicyclic) bond motifs is 1. The van der Waals surface area contributed by atoms with Crippen molar-refractivity contribution in [2.75, 3.05) is 11.9 Å². The number of hydrogen-bond acceptors (Lipinski definition) is 3. The Morgan fingerprint density at radius 1 is 1.03 bits per heavy atom. The summed E-state index contributed by atoms with van der Waals surface area (Å²) in [5.41, 5.74) is 1.23. The lowest BCUT2D eigenvalue weighted by Crippen LogP contribution is -2.06. The third-order valence-electron chi connectivity index (χ3n) is 5.07. The van der Waals surface area contributed by atoms with Gasteiger partial charge in [0, 0.05) is 16.8 Å². The molecule has 0 aliphatic carbocycles. The molecule has 1 N–H and O–H groups in total. The van der Waals surface area contributed by atoms with Gasteiger partial charge in [0.1, 0.15) is 12.4 Å². The molecule has 1 aliphatic rings. The van der Waals surface area contributed by atoms with Crippen molar-refractivity contribution in [3.63, 3.8) is 0 Å². The van der Waals surface area contributed by atoms with E-state index in [4.69, 9.17) is 9.47 Å². The molecule has 0 bridgehead atoms. The van der Waals surface area contributed by atoms with Crippen LogP contribution < -0.4 is 14.8 Å². The lowest BCUT2D eigenvalue weighted by atomic mass is 10.0. The predicted octanol–water partition coefficient (Wildman–Crippen LogP) is 7.08. The van der Waals surface area contributed by atoms with Gasteiger partial charge in [-0.25, -0.2) is 4.39 Å². The van der Waals surface area contributed by atoms with Gasteiger partial charge < -0.3 is 14.8 Å². The Morgan fingerprint density at radius 2 is 1.76 bits per heavy atom. The first-order chi connectivity index (χ1) is 16.2. The molecule has 3 aromatic rings. The first-order valence-electron chi connectivity index (χ1n) is 10.2. The Hall–Kier alpha value is -3.33. The van der Waals surface area contributed by atoms with Crippen LogP contribution in [0.1, 0.15) is 29.2 Å². The van der Waals surface area contributed by atoms with Crippen LogP contribution in [0.5, 0.6) is 11.5 Å². The topological polar surface area (TPSA) is 47.6 Å². The summed E-state index contributed by atoms with van der Waals surface area (Å²) in [6.45, 7) is 2.33. The van der Waals surface area contributed by atoms with Crippen LogP contribution in [0.3, 0.4) is 0 Å². The van der Waals surface area contributed by atoms with Crippen molar-refractivity contribution >= 4 is 39.2 Å². The third-order valence-corrected chi connectivity index (χ3v) is 5.66. The molecule has 0 radical (unpaired) electrons. The summed E-state index contributed by atoms with van der Waals surface area (Å²) in [6, 6.07) is 12.4. The maximum Gasteiger partial charge on any atom is 0.416 e. The summed E-state index contributed by atoms with van der Waals surface area (Å²) in [5, 5.41) is 2.49. The number of ether oxygens (including phenoxy) is 2. The van der Waals surface area contributed by atoms with Crippen LogP contribution in [0.2, 0.25) is 0 Å². The van der Waals surface area contributed by atoms with Crippen LogP contribution in [0.25, 0.3) is 11.6 Å². The van der Waals surface area contributed by atoms with E-state index in [1.807, 2.05) is 6.92 Å². The number of anilines is 1. The number of halogens is 5. The van der Waals surface area contributed by atoms with Crippen LogP contribution >= 0.6 is 15.9 Å². The van der Waals surface area contributed by atoms with Gasteiger partial charge in [0.2, 0.25) is 0 Å². The minimum atomic E-state index is -4.51. The summed E-state index contributed by atoms with van der Waals surface area (Å²) in [6.07, 6.45) is -2.93. The maximum absolute atomic E-state index is 13.1. The average molecular weight is 536 g/mol. The highest BCUT2D eigenvalue weighted by Crippen LogP contribution is 2.41. The largest absolute Gasteiger partial charge is 0.490 e. The van der Waals surface area contributed by atoms with Gasteiger partial charge in [-0.3, -0.25) is 4.79 Å². The van der Waals surface area contributed by atoms with E-state index in [9.17, 15) is 22.4 Å². The number of rotatable bonds is 6. The van der Waals surface area contributed by atoms with Crippen LogP contribution in [0.4, 0.5) is 23.2 Å². The summed E-state index contributed by atoms with van der Waals surface area (Å²) >= 11 is 3.46. The van der Waals surface area contributed by atoms with Crippen molar-refractivity contribution in [2.24, 2.45) is 0 Å². The van der Waals surface area contributed by atoms with Crippen molar-refractivity contribution in [1.82, 2.24) is 0 Å². The Morgan fingerprint density at radius 3 is 2.44 bits per heavy atom. The second kappa shape index (κ2) is 9.50. The zero-order valence-corrected chi connectivity index (χ0v) is 19.4. The van der Waals surface area contributed by atoms with Gasteiger partial charge in [-0.2, -0.15) is 13.2 Å². The minimum Gasteiger partial charge on any atom is -0.490 e. The number of carbonyl (C=O) groups is 1. The average Bonchev–Trinajstić information content (AvgIpc) is 3.08. The zero-order valence-electron chi connectivity index (χ0n) is 17.8. The van der Waals surface area contributed by atoms with E-state index in [1.54, 1.807) is 30.3 Å². The van der Waals surface area contributed by atoms with Gasteiger partial charge in [-0.15, -0.1) is 0 Å². The highest BCUT2D eigenvalue weighted by molar-refractivity contribution is 9.10. The summed E-state index contributed by atoms with van der Waals surface area (Å²) in [4.78, 5) is 12.5. The third kappa shape index (κ3) is 5.09. The molecule has 0 saturated heterocycles. The monoisotopic (exact) mass is 535 g/mol. The molecular formula is C25H18BrF4NO3. The number of nitrogens with one attached hydrogen (secondary N) is 1. The van der Waals surface area contributed by atoms with Gasteiger partial charge in [-0.1, -0.05) is 18.2 Å². The van der Waals surface area contributed by atoms with Crippen molar-refractivity contribution in [1.29, 1.82) is 0 Å². The fraction of sp³-hybridized carbons (Fsp3) is 0.160. The van der Waals surface area contributed by atoms with E-state index in [2.05, 4.69) is 21.2 Å². The van der Waals surface area contributed by atoms with Gasteiger partial charge in [0.15, 0.2) is 11.5 Å². The van der Waals surface area contributed by atoms with E-state index < -0.39 is 17.6 Å². The number of alkyl halides is 3. The SMILES string of the molecule is CCOc1cc(/C=C2\C(=O)Nc3cc(C(F)(F)F)ccc32)cc(Br)c1OCc1ccc(F)cc1. The van der Waals surface area contributed by atoms with E-state index in [1.165, 1.54) is 18.2 Å². The number of amides is 1. The predicted molar refractivity (Wildman–Crippen MR) is 124 cm³/mol. The van der Waals surface area contributed by atoms with Crippen LogP contribution in [-0.4, -0.2) is 12.5 Å². The Kier molecular flexibility index (Phi) is 6.65. The van der Waals surface area contributed by atoms with E-state index in [0.29, 0.717) is 33.7 Å². The maximum atomic E-state index is 13.1. The quantitative estimate of drug-likeness (QED) is 0.271. The molecule has 1 heterocycles. The minimum absolute atomic E-state index is 0.106. The van der Waals surface area contributed by atoms with Gasteiger partial charge in [0.25, 0.3) is 5.91 Å². The highest BCUT2D eigenvalue weighted by Gasteiger charge is 2.33. The van der Waals surface area contributed by atoms with E-state index in [-0.39, 0.29) is 23.7 Å². The molecule has 3 aromatic carbocycles. The molecule has 0 aromatic heterocycles. The molecule has 0 spiro atoms. The van der Waals surface area contributed by atoms with Gasteiger partial charge in [0.05, 0.1) is 16.6 Å². The highest BCUT2D eigenvalue weighted by atomic mass is 79.9. The number of carbonyl (C=O) groups excluding carboxylic acids is 1. The van der Waals surface area contributed by atoms with Crippen molar-refractivity contribution in [3.05, 3.63) is 87.1 Å². The number of hydrogen-bond donors (Lipinski definition) is 1. The van der Waals surface area contributed by atoms with Gasteiger partial charge >= 0.3 is 6.18 Å². The molecule has 0 atom stereocenters. The molecular weight excluding hydrogens is 518 g/mol. The first kappa shape index (κ1) is 23.8. The summed E-state index contributed by atoms with van der Waals surface area (Å²) in [7, 11) is 0. The summed E-state index contributed by atoms with van der Waals surface area (Å²) in [5.74, 6) is 0.000764. The van der Waals surface area contributed by atoms with E-state index >= 15 is 0 Å². The van der Waals surface area contributed by atoms with Gasteiger partial charge in [-0.05, 0) is 76.5 Å². The molecule has 9 heteroatoms. The van der Waals surface area contributed by atoms with Crippen molar-refractivity contribution in [2.45, 2.75) is 19.7 Å². The molecule has 1 amide bonds. The van der Waals surface area contributed by atoms with E-state index in [0.717, 1.165) is 17.7 Å². The van der Waals surface area contributed by atoms with Crippen LogP contribution in [0.15, 0.2) is 59.1 Å². The molecule has 0 unspecified atom stereocenters. The molecule has 0 fully saturated rings. The molecule has 0 saturated carbocycles. The Bertz CT molecular complexity index is 1270. The smallest absolute Gasteiger partial charge is 0.416 e. The summed E-state index contributed by atoms with van der Waals surface area (Å²) < 4.78 is 64.3. The molecule has 4 rings (SSSR count). The second-order valence-electron chi connectivity index (χ2n) is 7.45. The normalized spacial score (nSPS) is 14.2. The molecule has 1 aliphatic heterocycles. The zero-order chi connectivity index (χ0) is 24.5. The Balaban J connectivity index is 1.65. The number of benzene rings is 3. The van der Waals surface area contributed by atoms with Crippen molar-refractivity contribution in [3.8, 4) is 11.5 Å². The standard InChI is InChI=1S/C25H18BrF4NO3/c1-2-33-22-11-15(10-20(26)23(22)34-13-14-3-6-17(27)7-4-14)9-19-18-8-5-16(25(28,29)30)12-21(18)31-24(19)32/h3-12H,2,13H2,1H3,(H,31,32)/b19-9-. The fourth-order valence-corrected chi connectivity index (χ4v) is 4.07. The van der Waals surface area contributed by atoms with Crippen LogP contribution in [-0.2, 0) is 17.6 Å². The Labute approximate surface area is 201 Å². The van der Waals surface area contributed by atoms with Crippen molar-refractivity contribution < 1.29 is 31.8 Å².